The largest absolute Gasteiger partial charge is 0.490 e. The molecule has 4 nitrogen and oxygen atoms in total. The Kier molecular flexibility index (Phi) is 5.12. The average molecular weight is 304 g/mol. The number of benzene rings is 2. The van der Waals surface area contributed by atoms with Crippen LogP contribution in [0.1, 0.15) is 27.6 Å². The van der Waals surface area contributed by atoms with Crippen LogP contribution in [0.2, 0.25) is 0 Å². The maximum atomic E-state index is 13.6. The highest BCUT2D eigenvalue weighted by Crippen LogP contribution is 2.24. The van der Waals surface area contributed by atoms with Crippen molar-refractivity contribution < 1.29 is 23.8 Å². The highest BCUT2D eigenvalue weighted by Gasteiger charge is 2.17. The van der Waals surface area contributed by atoms with Gasteiger partial charge in [-0.25, -0.2) is 9.18 Å². The van der Waals surface area contributed by atoms with Crippen LogP contribution in [0, 0.1) is 12.7 Å². The van der Waals surface area contributed by atoms with E-state index in [0.29, 0.717) is 5.75 Å². The van der Waals surface area contributed by atoms with Gasteiger partial charge in [0.15, 0.2) is 0 Å². The monoisotopic (exact) mass is 304 g/mol. The fraction of sp³-hybridized carbons (Fsp3) is 0.235. The molecule has 1 unspecified atom stereocenters. The van der Waals surface area contributed by atoms with E-state index in [2.05, 4.69) is 4.74 Å². The molecule has 0 aliphatic carbocycles. The lowest BCUT2D eigenvalue weighted by atomic mass is 10.1. The summed E-state index contributed by atoms with van der Waals surface area (Å²) in [7, 11) is 1.28. The molecule has 0 fully saturated rings. The second-order valence-corrected chi connectivity index (χ2v) is 4.84. The van der Waals surface area contributed by atoms with Gasteiger partial charge in [-0.2, -0.15) is 0 Å². The SMILES string of the molecule is COC(=O)c1ccc(C)cc1OCC(O)c1ccccc1F. The minimum Gasteiger partial charge on any atom is -0.490 e. The average Bonchev–Trinajstić information content (AvgIpc) is 2.52. The van der Waals surface area contributed by atoms with Crippen molar-refractivity contribution in [2.45, 2.75) is 13.0 Å². The van der Waals surface area contributed by atoms with Crippen LogP contribution in [0.5, 0.6) is 5.75 Å². The fourth-order valence-electron chi connectivity index (χ4n) is 2.03. The van der Waals surface area contributed by atoms with Crippen LogP contribution in [0.25, 0.3) is 0 Å². The molecule has 116 valence electrons. The molecule has 2 aromatic carbocycles. The molecule has 0 radical (unpaired) electrons. The van der Waals surface area contributed by atoms with Gasteiger partial charge in [0.2, 0.25) is 0 Å². The van der Waals surface area contributed by atoms with Crippen molar-refractivity contribution in [3.05, 3.63) is 65.0 Å². The Hall–Kier alpha value is -2.40. The van der Waals surface area contributed by atoms with E-state index in [0.717, 1.165) is 5.56 Å². The molecule has 1 atom stereocenters. The van der Waals surface area contributed by atoms with Gasteiger partial charge in [0.25, 0.3) is 0 Å². The second-order valence-electron chi connectivity index (χ2n) is 4.84. The molecular formula is C17H17FO4. The van der Waals surface area contributed by atoms with Crippen molar-refractivity contribution in [1.82, 2.24) is 0 Å². The third-order valence-electron chi connectivity index (χ3n) is 3.20. The highest BCUT2D eigenvalue weighted by atomic mass is 19.1. The molecular weight excluding hydrogens is 287 g/mol. The molecule has 0 aromatic heterocycles. The molecule has 0 bridgehead atoms. The number of methoxy groups -OCH3 is 1. The predicted octanol–water partition coefficient (Wildman–Crippen LogP) is 3.03. The van der Waals surface area contributed by atoms with Crippen LogP contribution in [-0.4, -0.2) is 24.8 Å². The number of halogens is 1. The first-order valence-electron chi connectivity index (χ1n) is 6.77. The summed E-state index contributed by atoms with van der Waals surface area (Å²) in [6, 6.07) is 10.9. The van der Waals surface area contributed by atoms with Crippen molar-refractivity contribution >= 4 is 5.97 Å². The van der Waals surface area contributed by atoms with Crippen molar-refractivity contribution in [2.24, 2.45) is 0 Å². The van der Waals surface area contributed by atoms with Gasteiger partial charge in [-0.1, -0.05) is 24.3 Å². The third kappa shape index (κ3) is 3.62. The van der Waals surface area contributed by atoms with Gasteiger partial charge < -0.3 is 14.6 Å². The summed E-state index contributed by atoms with van der Waals surface area (Å²) in [6.07, 6.45) is -1.13. The van der Waals surface area contributed by atoms with E-state index in [9.17, 15) is 14.3 Å². The predicted molar refractivity (Wildman–Crippen MR) is 79.4 cm³/mol. The number of carbonyl (C=O) groups is 1. The van der Waals surface area contributed by atoms with E-state index in [1.165, 1.54) is 19.2 Å². The second kappa shape index (κ2) is 7.04. The van der Waals surface area contributed by atoms with Crippen LogP contribution >= 0.6 is 0 Å². The number of carbonyl (C=O) groups excluding carboxylic acids is 1. The van der Waals surface area contributed by atoms with Crippen molar-refractivity contribution in [3.8, 4) is 5.75 Å². The van der Waals surface area contributed by atoms with Crippen LogP contribution in [0.4, 0.5) is 4.39 Å². The van der Waals surface area contributed by atoms with E-state index in [-0.39, 0.29) is 17.7 Å². The molecule has 1 N–H and O–H groups in total. The first-order chi connectivity index (χ1) is 10.5. The van der Waals surface area contributed by atoms with Gasteiger partial charge >= 0.3 is 5.97 Å². The molecule has 0 heterocycles. The number of aliphatic hydroxyl groups excluding tert-OH is 1. The summed E-state index contributed by atoms with van der Waals surface area (Å²) in [4.78, 5) is 11.7. The number of aliphatic hydroxyl groups is 1. The van der Waals surface area contributed by atoms with E-state index in [1.54, 1.807) is 30.3 Å². The molecule has 5 heteroatoms. The smallest absolute Gasteiger partial charge is 0.341 e. The zero-order valence-electron chi connectivity index (χ0n) is 12.4. The lowest BCUT2D eigenvalue weighted by Crippen LogP contribution is -2.13. The summed E-state index contributed by atoms with van der Waals surface area (Å²) in [5.41, 5.74) is 1.30. The minimum absolute atomic E-state index is 0.148. The Morgan fingerprint density at radius 3 is 2.68 bits per heavy atom. The van der Waals surface area contributed by atoms with Gasteiger partial charge in [0, 0.05) is 5.56 Å². The molecule has 0 saturated heterocycles. The van der Waals surface area contributed by atoms with Crippen LogP contribution in [-0.2, 0) is 4.74 Å². The number of aryl methyl sites for hydroxylation is 1. The van der Waals surface area contributed by atoms with Crippen LogP contribution in [0.3, 0.4) is 0 Å². The Labute approximate surface area is 128 Å². The van der Waals surface area contributed by atoms with Gasteiger partial charge in [-0.15, -0.1) is 0 Å². The number of esters is 1. The number of ether oxygens (including phenoxy) is 2. The molecule has 0 spiro atoms. The quantitative estimate of drug-likeness (QED) is 0.863. The van der Waals surface area contributed by atoms with Crippen molar-refractivity contribution in [3.63, 3.8) is 0 Å². The minimum atomic E-state index is -1.13. The van der Waals surface area contributed by atoms with Crippen LogP contribution in [0.15, 0.2) is 42.5 Å². The maximum Gasteiger partial charge on any atom is 0.341 e. The lowest BCUT2D eigenvalue weighted by molar-refractivity contribution is 0.0588. The Morgan fingerprint density at radius 1 is 1.27 bits per heavy atom. The lowest BCUT2D eigenvalue weighted by Gasteiger charge is -2.15. The van der Waals surface area contributed by atoms with E-state index >= 15 is 0 Å². The van der Waals surface area contributed by atoms with Gasteiger partial charge in [-0.05, 0) is 30.7 Å². The maximum absolute atomic E-state index is 13.6. The first kappa shape index (κ1) is 16.0. The number of hydrogen-bond acceptors (Lipinski definition) is 4. The van der Waals surface area contributed by atoms with Crippen molar-refractivity contribution in [1.29, 1.82) is 0 Å². The number of rotatable bonds is 5. The standard InChI is InChI=1S/C17H17FO4/c1-11-7-8-13(17(20)21-2)16(9-11)22-10-15(19)12-5-3-4-6-14(12)18/h3-9,15,19H,10H2,1-2H3. The van der Waals surface area contributed by atoms with Gasteiger partial charge in [0.05, 0.1) is 7.11 Å². The Morgan fingerprint density at radius 2 is 2.00 bits per heavy atom. The Balaban J connectivity index is 2.16. The summed E-state index contributed by atoms with van der Waals surface area (Å²) in [6.45, 7) is 1.68. The van der Waals surface area contributed by atoms with Gasteiger partial charge in [0.1, 0.15) is 29.8 Å². The third-order valence-corrected chi connectivity index (χ3v) is 3.20. The van der Waals surface area contributed by atoms with Gasteiger partial charge in [-0.3, -0.25) is 0 Å². The summed E-state index contributed by atoms with van der Waals surface area (Å²) in [5, 5.41) is 10.0. The zero-order valence-corrected chi connectivity index (χ0v) is 12.4. The molecule has 0 saturated carbocycles. The first-order valence-corrected chi connectivity index (χ1v) is 6.77. The fourth-order valence-corrected chi connectivity index (χ4v) is 2.03. The van der Waals surface area contributed by atoms with Crippen molar-refractivity contribution in [2.75, 3.05) is 13.7 Å². The number of hydrogen-bond donors (Lipinski definition) is 1. The topological polar surface area (TPSA) is 55.8 Å². The molecule has 2 aromatic rings. The summed E-state index contributed by atoms with van der Waals surface area (Å²) in [5.74, 6) is -0.742. The highest BCUT2D eigenvalue weighted by molar-refractivity contribution is 5.92. The van der Waals surface area contributed by atoms with E-state index < -0.39 is 17.9 Å². The van der Waals surface area contributed by atoms with Crippen LogP contribution < -0.4 is 4.74 Å². The molecule has 0 aliphatic heterocycles. The van der Waals surface area contributed by atoms with E-state index in [4.69, 9.17) is 4.74 Å². The summed E-state index contributed by atoms with van der Waals surface area (Å²) < 4.78 is 23.8. The Bertz CT molecular complexity index is 669. The summed E-state index contributed by atoms with van der Waals surface area (Å²) >= 11 is 0. The van der Waals surface area contributed by atoms with E-state index in [1.807, 2.05) is 6.92 Å². The zero-order chi connectivity index (χ0) is 16.1. The normalized spacial score (nSPS) is 11.8. The molecule has 2 rings (SSSR count). The molecule has 22 heavy (non-hydrogen) atoms. The molecule has 0 aliphatic rings. The molecule has 0 amide bonds.